The Bertz CT molecular complexity index is 725. The van der Waals surface area contributed by atoms with E-state index in [-0.39, 0.29) is 11.5 Å². The number of rotatable bonds is 2. The zero-order valence-electron chi connectivity index (χ0n) is 11.0. The van der Waals surface area contributed by atoms with E-state index in [9.17, 15) is 9.59 Å². The molecule has 0 aromatic heterocycles. The van der Waals surface area contributed by atoms with Crippen molar-refractivity contribution in [3.05, 3.63) is 62.7 Å². The monoisotopic (exact) mass is 393 g/mol. The number of fused-ring (bicyclic) bond motifs is 1. The molecule has 4 nitrogen and oxygen atoms in total. The van der Waals surface area contributed by atoms with Crippen LogP contribution in [-0.2, 0) is 6.42 Å². The number of benzene rings is 2. The molecule has 1 aliphatic heterocycles. The molecule has 0 spiro atoms. The van der Waals surface area contributed by atoms with E-state index in [1.807, 2.05) is 12.1 Å². The number of aromatic carboxylic acids is 1. The van der Waals surface area contributed by atoms with Gasteiger partial charge in [0.2, 0.25) is 0 Å². The summed E-state index contributed by atoms with van der Waals surface area (Å²) in [7, 11) is 0. The SMILES string of the molecule is O=C(O)c1ccc2c(c1)N(C(=O)c1ccc(I)cc1)CC2. The van der Waals surface area contributed by atoms with Gasteiger partial charge in [-0.15, -0.1) is 0 Å². The topological polar surface area (TPSA) is 57.6 Å². The fourth-order valence-electron chi connectivity index (χ4n) is 2.47. The molecule has 0 aliphatic carbocycles. The third-order valence-electron chi connectivity index (χ3n) is 3.56. The average molecular weight is 393 g/mol. The molecule has 0 fully saturated rings. The van der Waals surface area contributed by atoms with Crippen LogP contribution >= 0.6 is 22.6 Å². The van der Waals surface area contributed by atoms with Crippen molar-refractivity contribution >= 4 is 40.2 Å². The van der Waals surface area contributed by atoms with Gasteiger partial charge in [0.05, 0.1) is 5.56 Å². The van der Waals surface area contributed by atoms with Crippen LogP contribution in [-0.4, -0.2) is 23.5 Å². The standard InChI is InChI=1S/C16H12INO3/c17-13-5-3-11(4-6-13)15(19)18-8-7-10-1-2-12(16(20)21)9-14(10)18/h1-6,9H,7-8H2,(H,20,21). The van der Waals surface area contributed by atoms with Gasteiger partial charge in [-0.05, 0) is 71.0 Å². The van der Waals surface area contributed by atoms with Gasteiger partial charge in [-0.25, -0.2) is 4.79 Å². The lowest BCUT2D eigenvalue weighted by Gasteiger charge is -2.17. The molecule has 2 aromatic rings. The molecule has 1 aliphatic rings. The first-order chi connectivity index (χ1) is 10.1. The molecular weight excluding hydrogens is 381 g/mol. The van der Waals surface area contributed by atoms with E-state index >= 15 is 0 Å². The molecule has 106 valence electrons. The summed E-state index contributed by atoms with van der Waals surface area (Å²) >= 11 is 2.19. The van der Waals surface area contributed by atoms with Crippen molar-refractivity contribution in [3.8, 4) is 0 Å². The van der Waals surface area contributed by atoms with E-state index in [0.29, 0.717) is 17.8 Å². The van der Waals surface area contributed by atoms with Gasteiger partial charge < -0.3 is 10.0 Å². The van der Waals surface area contributed by atoms with Gasteiger partial charge in [-0.3, -0.25) is 4.79 Å². The molecule has 1 N–H and O–H groups in total. The van der Waals surface area contributed by atoms with Crippen LogP contribution < -0.4 is 4.90 Å². The summed E-state index contributed by atoms with van der Waals surface area (Å²) in [5.74, 6) is -1.07. The summed E-state index contributed by atoms with van der Waals surface area (Å²) in [4.78, 5) is 25.3. The van der Waals surface area contributed by atoms with Crippen LogP contribution in [0.15, 0.2) is 42.5 Å². The van der Waals surface area contributed by atoms with E-state index in [1.165, 1.54) is 0 Å². The number of hydrogen-bond donors (Lipinski definition) is 1. The molecule has 3 rings (SSSR count). The van der Waals surface area contributed by atoms with E-state index in [0.717, 1.165) is 15.6 Å². The highest BCUT2D eigenvalue weighted by Crippen LogP contribution is 2.30. The van der Waals surface area contributed by atoms with Crippen LogP contribution in [0.4, 0.5) is 5.69 Å². The molecular formula is C16H12INO3. The number of amides is 1. The number of anilines is 1. The van der Waals surface area contributed by atoms with Gasteiger partial charge in [0.15, 0.2) is 0 Å². The van der Waals surface area contributed by atoms with Crippen molar-refractivity contribution in [2.45, 2.75) is 6.42 Å². The summed E-state index contributed by atoms with van der Waals surface area (Å²) < 4.78 is 1.07. The van der Waals surface area contributed by atoms with Crippen molar-refractivity contribution in [2.24, 2.45) is 0 Å². The fourth-order valence-corrected chi connectivity index (χ4v) is 2.83. The summed E-state index contributed by atoms with van der Waals surface area (Å²) in [6, 6.07) is 12.3. The van der Waals surface area contributed by atoms with Crippen LogP contribution in [0, 0.1) is 3.57 Å². The van der Waals surface area contributed by atoms with Crippen molar-refractivity contribution in [1.82, 2.24) is 0 Å². The van der Waals surface area contributed by atoms with E-state index in [2.05, 4.69) is 22.6 Å². The van der Waals surface area contributed by atoms with Crippen LogP contribution in [0.2, 0.25) is 0 Å². The Hall–Kier alpha value is -1.89. The molecule has 0 atom stereocenters. The lowest BCUT2D eigenvalue weighted by Crippen LogP contribution is -2.29. The highest BCUT2D eigenvalue weighted by molar-refractivity contribution is 14.1. The number of carbonyl (C=O) groups is 2. The Kier molecular flexibility index (Phi) is 3.67. The van der Waals surface area contributed by atoms with E-state index < -0.39 is 5.97 Å². The fraction of sp³-hybridized carbons (Fsp3) is 0.125. The molecule has 5 heteroatoms. The average Bonchev–Trinajstić information content (AvgIpc) is 2.90. The first kappa shape index (κ1) is 14.1. The van der Waals surface area contributed by atoms with Gasteiger partial charge in [0, 0.05) is 21.4 Å². The Morgan fingerprint density at radius 3 is 2.38 bits per heavy atom. The maximum Gasteiger partial charge on any atom is 0.335 e. The van der Waals surface area contributed by atoms with Gasteiger partial charge in [-0.2, -0.15) is 0 Å². The highest BCUT2D eigenvalue weighted by Gasteiger charge is 2.26. The molecule has 0 radical (unpaired) electrons. The molecule has 0 unspecified atom stereocenters. The number of nitrogens with zero attached hydrogens (tertiary/aromatic N) is 1. The first-order valence-electron chi connectivity index (χ1n) is 6.50. The molecule has 2 aromatic carbocycles. The second-order valence-corrected chi connectivity index (χ2v) is 6.11. The third-order valence-corrected chi connectivity index (χ3v) is 4.28. The summed E-state index contributed by atoms with van der Waals surface area (Å²) in [6.07, 6.45) is 0.755. The zero-order chi connectivity index (χ0) is 15.0. The second-order valence-electron chi connectivity index (χ2n) is 4.86. The maximum absolute atomic E-state index is 12.6. The molecule has 21 heavy (non-hydrogen) atoms. The predicted molar refractivity (Wildman–Crippen MR) is 87.9 cm³/mol. The van der Waals surface area contributed by atoms with E-state index in [1.54, 1.807) is 35.2 Å². The van der Waals surface area contributed by atoms with Crippen molar-refractivity contribution in [1.29, 1.82) is 0 Å². The molecule has 0 saturated heterocycles. The third kappa shape index (κ3) is 2.65. The van der Waals surface area contributed by atoms with Crippen molar-refractivity contribution in [3.63, 3.8) is 0 Å². The predicted octanol–water partition coefficient (Wildman–Crippen LogP) is 3.19. The first-order valence-corrected chi connectivity index (χ1v) is 7.58. The Labute approximate surface area is 135 Å². The molecule has 1 heterocycles. The zero-order valence-corrected chi connectivity index (χ0v) is 13.2. The number of carboxylic acid groups (broad SMARTS) is 1. The summed E-state index contributed by atoms with van der Waals surface area (Å²) in [5.41, 5.74) is 2.54. The normalized spacial score (nSPS) is 13.1. The van der Waals surface area contributed by atoms with Crippen LogP contribution in [0.5, 0.6) is 0 Å². The second kappa shape index (κ2) is 5.48. The molecule has 1 amide bonds. The quantitative estimate of drug-likeness (QED) is 0.798. The smallest absolute Gasteiger partial charge is 0.335 e. The Balaban J connectivity index is 1.96. The van der Waals surface area contributed by atoms with Gasteiger partial charge >= 0.3 is 5.97 Å². The summed E-state index contributed by atoms with van der Waals surface area (Å²) in [5, 5.41) is 9.08. The largest absolute Gasteiger partial charge is 0.478 e. The lowest BCUT2D eigenvalue weighted by molar-refractivity contribution is 0.0696. The van der Waals surface area contributed by atoms with Gasteiger partial charge in [-0.1, -0.05) is 6.07 Å². The minimum absolute atomic E-state index is 0.0901. The summed E-state index contributed by atoms with van der Waals surface area (Å²) in [6.45, 7) is 0.587. The maximum atomic E-state index is 12.6. The Morgan fingerprint density at radius 2 is 1.71 bits per heavy atom. The minimum Gasteiger partial charge on any atom is -0.478 e. The number of halogens is 1. The molecule has 0 saturated carbocycles. The highest BCUT2D eigenvalue weighted by atomic mass is 127. The minimum atomic E-state index is -0.980. The van der Waals surface area contributed by atoms with Gasteiger partial charge in [0.25, 0.3) is 5.91 Å². The van der Waals surface area contributed by atoms with Crippen LogP contribution in [0.1, 0.15) is 26.3 Å². The van der Waals surface area contributed by atoms with E-state index in [4.69, 9.17) is 5.11 Å². The van der Waals surface area contributed by atoms with Gasteiger partial charge in [0.1, 0.15) is 0 Å². The van der Waals surface area contributed by atoms with Crippen LogP contribution in [0.3, 0.4) is 0 Å². The lowest BCUT2D eigenvalue weighted by atomic mass is 10.1. The van der Waals surface area contributed by atoms with Crippen LogP contribution in [0.25, 0.3) is 0 Å². The van der Waals surface area contributed by atoms with Crippen molar-refractivity contribution in [2.75, 3.05) is 11.4 Å². The number of hydrogen-bond acceptors (Lipinski definition) is 2. The number of carbonyl (C=O) groups excluding carboxylic acids is 1. The van der Waals surface area contributed by atoms with Crippen molar-refractivity contribution < 1.29 is 14.7 Å². The Morgan fingerprint density at radius 1 is 1.05 bits per heavy atom. The molecule has 0 bridgehead atoms. The number of carboxylic acids is 1.